The maximum Gasteiger partial charge on any atom is 0.308 e. The van der Waals surface area contributed by atoms with Crippen molar-refractivity contribution in [2.24, 2.45) is 4.99 Å². The molecule has 1 aliphatic heterocycles. The Bertz CT molecular complexity index is 788. The summed E-state index contributed by atoms with van der Waals surface area (Å²) in [5, 5.41) is 2.67. The Labute approximate surface area is 150 Å². The molecular weight excluding hydrogens is 400 g/mol. The Kier molecular flexibility index (Phi) is 5.79. The molecule has 1 N–H and O–H groups in total. The molecule has 1 heterocycles. The minimum Gasteiger partial charge on any atom is -0.493 e. The van der Waals surface area contributed by atoms with Crippen molar-refractivity contribution in [1.82, 2.24) is 5.32 Å². The topological polar surface area (TPSA) is 94.1 Å². The molecule has 9 heteroatoms. The number of aliphatic imine (C=N–C) groups is 1. The van der Waals surface area contributed by atoms with E-state index in [2.05, 4.69) is 26.2 Å². The molecule has 7 nitrogen and oxygen atoms in total. The lowest BCUT2D eigenvalue weighted by atomic mass is 10.1. The van der Waals surface area contributed by atoms with E-state index in [0.29, 0.717) is 15.8 Å². The van der Waals surface area contributed by atoms with Crippen LogP contribution in [0.15, 0.2) is 26.5 Å². The van der Waals surface area contributed by atoms with Crippen LogP contribution >= 0.6 is 27.7 Å². The highest BCUT2D eigenvalue weighted by Gasteiger charge is 2.24. The average molecular weight is 413 g/mol. The van der Waals surface area contributed by atoms with Crippen LogP contribution in [0.1, 0.15) is 19.4 Å². The summed E-state index contributed by atoms with van der Waals surface area (Å²) in [5.74, 6) is -0.792. The first-order valence-corrected chi connectivity index (χ1v) is 8.27. The Morgan fingerprint density at radius 2 is 2.04 bits per heavy atom. The van der Waals surface area contributed by atoms with Gasteiger partial charge in [-0.3, -0.25) is 14.4 Å². The number of carbonyl (C=O) groups excluding carboxylic acids is 3. The van der Waals surface area contributed by atoms with Crippen LogP contribution in [0, 0.1) is 0 Å². The Balaban J connectivity index is 2.42. The van der Waals surface area contributed by atoms with Gasteiger partial charge in [0.15, 0.2) is 16.7 Å². The molecule has 0 aromatic heterocycles. The number of amidine groups is 1. The number of carbonyl (C=O) groups is 3. The molecule has 0 bridgehead atoms. The van der Waals surface area contributed by atoms with E-state index in [9.17, 15) is 14.4 Å². The van der Waals surface area contributed by atoms with E-state index in [-0.39, 0.29) is 21.7 Å². The molecule has 1 aromatic carbocycles. The summed E-state index contributed by atoms with van der Waals surface area (Å²) < 4.78 is 11.1. The van der Waals surface area contributed by atoms with E-state index in [1.54, 1.807) is 12.1 Å². The van der Waals surface area contributed by atoms with E-state index in [1.165, 1.54) is 27.0 Å². The smallest absolute Gasteiger partial charge is 0.308 e. The van der Waals surface area contributed by atoms with E-state index >= 15 is 0 Å². The van der Waals surface area contributed by atoms with Crippen LogP contribution in [0.4, 0.5) is 0 Å². The van der Waals surface area contributed by atoms with Gasteiger partial charge in [-0.2, -0.15) is 4.99 Å². The first kappa shape index (κ1) is 18.2. The number of esters is 1. The number of ether oxygens (including phenoxy) is 2. The summed E-state index contributed by atoms with van der Waals surface area (Å²) in [6.07, 6.45) is 1.52. The van der Waals surface area contributed by atoms with Crippen molar-refractivity contribution in [3.8, 4) is 11.5 Å². The first-order chi connectivity index (χ1) is 11.3. The first-order valence-electron chi connectivity index (χ1n) is 6.66. The lowest BCUT2D eigenvalue weighted by Gasteiger charge is -2.12. The molecule has 2 rings (SSSR count). The molecule has 0 saturated carbocycles. The van der Waals surface area contributed by atoms with Gasteiger partial charge in [-0.15, -0.1) is 0 Å². The minimum atomic E-state index is -0.518. The largest absolute Gasteiger partial charge is 0.493 e. The number of nitrogens with one attached hydrogen (secondary N) is 1. The summed E-state index contributed by atoms with van der Waals surface area (Å²) in [7, 11) is 1.44. The van der Waals surface area contributed by atoms with Crippen LogP contribution < -0.4 is 14.8 Å². The van der Waals surface area contributed by atoms with Gasteiger partial charge in [0.05, 0.1) is 12.0 Å². The number of amides is 2. The van der Waals surface area contributed by atoms with Gasteiger partial charge < -0.3 is 14.8 Å². The fraction of sp³-hybridized carbons (Fsp3) is 0.200. The zero-order chi connectivity index (χ0) is 17.9. The lowest BCUT2D eigenvalue weighted by Crippen LogP contribution is -2.23. The van der Waals surface area contributed by atoms with Gasteiger partial charge >= 0.3 is 5.97 Å². The number of halogens is 1. The fourth-order valence-electron chi connectivity index (χ4n) is 1.86. The molecule has 1 aliphatic rings. The summed E-state index contributed by atoms with van der Waals surface area (Å²) in [4.78, 5) is 38.4. The number of nitrogens with zero attached hydrogens (tertiary/aromatic N) is 1. The van der Waals surface area contributed by atoms with Crippen LogP contribution in [0.5, 0.6) is 11.5 Å². The zero-order valence-electron chi connectivity index (χ0n) is 13.0. The Morgan fingerprint density at radius 3 is 2.62 bits per heavy atom. The van der Waals surface area contributed by atoms with Crippen molar-refractivity contribution in [3.05, 3.63) is 27.1 Å². The molecule has 24 heavy (non-hydrogen) atoms. The van der Waals surface area contributed by atoms with E-state index in [4.69, 9.17) is 9.47 Å². The summed E-state index contributed by atoms with van der Waals surface area (Å²) in [6.45, 7) is 2.60. The van der Waals surface area contributed by atoms with Gasteiger partial charge in [0, 0.05) is 23.9 Å². The van der Waals surface area contributed by atoms with E-state index in [1.807, 2.05) is 0 Å². The van der Waals surface area contributed by atoms with Crippen molar-refractivity contribution in [2.45, 2.75) is 13.8 Å². The Morgan fingerprint density at radius 1 is 1.33 bits per heavy atom. The highest BCUT2D eigenvalue weighted by atomic mass is 79.9. The fourth-order valence-corrected chi connectivity index (χ4v) is 3.16. The third kappa shape index (κ3) is 4.45. The minimum absolute atomic E-state index is 0.196. The highest BCUT2D eigenvalue weighted by Crippen LogP contribution is 2.38. The van der Waals surface area contributed by atoms with Crippen molar-refractivity contribution in [3.63, 3.8) is 0 Å². The second kappa shape index (κ2) is 7.63. The second-order valence-electron chi connectivity index (χ2n) is 4.63. The van der Waals surface area contributed by atoms with Crippen molar-refractivity contribution < 1.29 is 23.9 Å². The zero-order valence-corrected chi connectivity index (χ0v) is 15.4. The SMILES string of the molecule is COc1cc(Br)cc(C=C2SC(NC(C)=O)=NC2=O)c1OC(C)=O. The summed E-state index contributed by atoms with van der Waals surface area (Å²) >= 11 is 4.36. The second-order valence-corrected chi connectivity index (χ2v) is 6.58. The predicted molar refractivity (Wildman–Crippen MR) is 93.8 cm³/mol. The van der Waals surface area contributed by atoms with E-state index < -0.39 is 11.9 Å². The number of hydrogen-bond donors (Lipinski definition) is 1. The maximum absolute atomic E-state index is 12.0. The number of rotatable bonds is 3. The summed E-state index contributed by atoms with van der Waals surface area (Å²) in [5.41, 5.74) is 0.464. The number of thioether (sulfide) groups is 1. The third-order valence-corrected chi connectivity index (χ3v) is 4.06. The molecule has 0 radical (unpaired) electrons. The number of hydrogen-bond acceptors (Lipinski definition) is 6. The van der Waals surface area contributed by atoms with Crippen LogP contribution in [-0.4, -0.2) is 30.1 Å². The summed E-state index contributed by atoms with van der Waals surface area (Å²) in [6, 6.07) is 3.32. The Hall–Kier alpha value is -2.13. The number of benzene rings is 1. The van der Waals surface area contributed by atoms with Crippen LogP contribution in [-0.2, 0) is 14.4 Å². The highest BCUT2D eigenvalue weighted by molar-refractivity contribution is 9.10. The molecule has 0 unspecified atom stereocenters. The van der Waals surface area contributed by atoms with Crippen molar-refractivity contribution in [1.29, 1.82) is 0 Å². The molecule has 0 fully saturated rings. The van der Waals surface area contributed by atoms with Crippen molar-refractivity contribution in [2.75, 3.05) is 7.11 Å². The normalized spacial score (nSPS) is 15.2. The van der Waals surface area contributed by atoms with Gasteiger partial charge in [0.1, 0.15) is 0 Å². The average Bonchev–Trinajstić information content (AvgIpc) is 2.79. The molecule has 0 spiro atoms. The van der Waals surface area contributed by atoms with Gasteiger partial charge in [-0.1, -0.05) is 15.9 Å². The standard InChI is InChI=1S/C15H13BrN2O5S/c1-7(19)17-15-18-14(21)12(24-15)5-9-4-10(16)6-11(22-3)13(9)23-8(2)20/h4-6H,1-3H3,(H,17,18,19,21). The van der Waals surface area contributed by atoms with E-state index in [0.717, 1.165) is 11.8 Å². The molecule has 0 atom stereocenters. The molecule has 126 valence electrons. The maximum atomic E-state index is 12.0. The van der Waals surface area contributed by atoms with Crippen molar-refractivity contribution >= 4 is 56.7 Å². The third-order valence-electron chi connectivity index (χ3n) is 2.70. The van der Waals surface area contributed by atoms with Crippen LogP contribution in [0.2, 0.25) is 0 Å². The molecule has 0 saturated heterocycles. The molecule has 2 amide bonds. The van der Waals surface area contributed by atoms with Gasteiger partial charge in [0.25, 0.3) is 5.91 Å². The van der Waals surface area contributed by atoms with Crippen LogP contribution in [0.3, 0.4) is 0 Å². The quantitative estimate of drug-likeness (QED) is 0.465. The monoisotopic (exact) mass is 412 g/mol. The molecule has 0 aliphatic carbocycles. The lowest BCUT2D eigenvalue weighted by molar-refractivity contribution is -0.132. The van der Waals surface area contributed by atoms with Gasteiger partial charge in [-0.25, -0.2) is 0 Å². The van der Waals surface area contributed by atoms with Gasteiger partial charge in [0.2, 0.25) is 5.91 Å². The number of methoxy groups -OCH3 is 1. The van der Waals surface area contributed by atoms with Crippen LogP contribution in [0.25, 0.3) is 6.08 Å². The van der Waals surface area contributed by atoms with Gasteiger partial charge in [-0.05, 0) is 30.0 Å². The molecular formula is C15H13BrN2O5S. The molecule has 1 aromatic rings. The predicted octanol–water partition coefficient (Wildman–Crippen LogP) is 2.49.